The van der Waals surface area contributed by atoms with Gasteiger partial charge in [-0.25, -0.2) is 0 Å². The third-order valence-electron chi connectivity index (χ3n) is 3.55. The second-order valence-corrected chi connectivity index (χ2v) is 5.65. The molecule has 1 saturated heterocycles. The van der Waals surface area contributed by atoms with Crippen LogP contribution in [0.15, 0.2) is 11.5 Å². The highest BCUT2D eigenvalue weighted by molar-refractivity contribution is 6.51. The molecule has 0 spiro atoms. The zero-order valence-corrected chi connectivity index (χ0v) is 11.5. The first-order chi connectivity index (χ1) is 7.78. The number of unbranched alkanes of at least 4 members (excludes halogenated alkanes) is 1. The fourth-order valence-electron chi connectivity index (χ4n) is 1.72. The van der Waals surface area contributed by atoms with Gasteiger partial charge in [-0.3, -0.25) is 0 Å². The molecule has 0 aromatic heterocycles. The molecule has 1 aliphatic heterocycles. The normalized spacial score (nSPS) is 22.6. The number of rotatable bonds is 4. The predicted octanol–water partition coefficient (Wildman–Crippen LogP) is 3.26. The van der Waals surface area contributed by atoms with Gasteiger partial charge in [-0.2, -0.15) is 5.26 Å². The van der Waals surface area contributed by atoms with Crippen LogP contribution in [0, 0.1) is 11.3 Å². The Morgan fingerprint density at radius 3 is 2.24 bits per heavy atom. The molecule has 94 valence electrons. The molecule has 0 aliphatic carbocycles. The lowest BCUT2D eigenvalue weighted by atomic mass is 9.86. The molecule has 1 fully saturated rings. The first-order valence-corrected chi connectivity index (χ1v) is 6.18. The van der Waals surface area contributed by atoms with Gasteiger partial charge in [0.2, 0.25) is 0 Å². The predicted molar refractivity (Wildman–Crippen MR) is 69.3 cm³/mol. The van der Waals surface area contributed by atoms with Crippen molar-refractivity contribution in [3.8, 4) is 6.07 Å². The zero-order valence-electron chi connectivity index (χ0n) is 11.5. The van der Waals surface area contributed by atoms with E-state index in [9.17, 15) is 0 Å². The lowest BCUT2D eigenvalue weighted by molar-refractivity contribution is 0.00578. The van der Waals surface area contributed by atoms with Crippen LogP contribution in [0.25, 0.3) is 0 Å². The standard InChI is InChI=1S/C13H22BNO2/c1-11(8-6-7-9-15)10-14-16-12(2,3)13(4,5)17-14/h10H,6-8H2,1-5H3. The van der Waals surface area contributed by atoms with Gasteiger partial charge in [0, 0.05) is 6.42 Å². The number of nitrogens with zero attached hydrogens (tertiary/aromatic N) is 1. The summed E-state index contributed by atoms with van der Waals surface area (Å²) in [5.41, 5.74) is 0.668. The minimum absolute atomic E-state index is 0.262. The molecule has 1 heterocycles. The molecule has 0 atom stereocenters. The van der Waals surface area contributed by atoms with Crippen molar-refractivity contribution in [1.29, 1.82) is 5.26 Å². The van der Waals surface area contributed by atoms with Gasteiger partial charge in [0.1, 0.15) is 0 Å². The second-order valence-electron chi connectivity index (χ2n) is 5.65. The summed E-state index contributed by atoms with van der Waals surface area (Å²) in [4.78, 5) is 0. The van der Waals surface area contributed by atoms with E-state index in [-0.39, 0.29) is 18.3 Å². The van der Waals surface area contributed by atoms with E-state index >= 15 is 0 Å². The smallest absolute Gasteiger partial charge is 0.400 e. The molecule has 0 N–H and O–H groups in total. The van der Waals surface area contributed by atoms with E-state index in [4.69, 9.17) is 14.6 Å². The summed E-state index contributed by atoms with van der Waals surface area (Å²) < 4.78 is 11.8. The highest BCUT2D eigenvalue weighted by atomic mass is 16.7. The van der Waals surface area contributed by atoms with Gasteiger partial charge in [0.05, 0.1) is 17.3 Å². The van der Waals surface area contributed by atoms with Crippen LogP contribution in [0.5, 0.6) is 0 Å². The number of nitriles is 1. The van der Waals surface area contributed by atoms with E-state index in [0.29, 0.717) is 6.42 Å². The molecule has 1 rings (SSSR count). The van der Waals surface area contributed by atoms with Crippen molar-refractivity contribution in [2.75, 3.05) is 0 Å². The summed E-state index contributed by atoms with van der Waals surface area (Å²) in [6.07, 6.45) is 2.44. The van der Waals surface area contributed by atoms with Gasteiger partial charge in [0.15, 0.2) is 0 Å². The average molecular weight is 235 g/mol. The van der Waals surface area contributed by atoms with Crippen molar-refractivity contribution in [3.63, 3.8) is 0 Å². The maximum Gasteiger partial charge on any atom is 0.487 e. The van der Waals surface area contributed by atoms with Crippen molar-refractivity contribution >= 4 is 7.12 Å². The maximum atomic E-state index is 8.48. The van der Waals surface area contributed by atoms with Crippen LogP contribution in [-0.2, 0) is 9.31 Å². The fraction of sp³-hybridized carbons (Fsp3) is 0.769. The largest absolute Gasteiger partial charge is 0.487 e. The molecule has 4 heteroatoms. The lowest BCUT2D eigenvalue weighted by Crippen LogP contribution is -2.41. The highest BCUT2D eigenvalue weighted by Crippen LogP contribution is 2.37. The van der Waals surface area contributed by atoms with Crippen LogP contribution in [-0.4, -0.2) is 18.3 Å². The van der Waals surface area contributed by atoms with E-state index in [1.54, 1.807) is 0 Å². The summed E-state index contributed by atoms with van der Waals surface area (Å²) >= 11 is 0. The van der Waals surface area contributed by atoms with Crippen molar-refractivity contribution < 1.29 is 9.31 Å². The molecular formula is C13H22BNO2. The van der Waals surface area contributed by atoms with Gasteiger partial charge in [-0.05, 0) is 47.5 Å². The summed E-state index contributed by atoms with van der Waals surface area (Å²) in [7, 11) is -0.262. The SMILES string of the molecule is CC(=CB1OC(C)(C)C(C)(C)O1)CCCC#N. The minimum atomic E-state index is -0.277. The number of allylic oxidation sites excluding steroid dienone is 1. The monoisotopic (exact) mass is 235 g/mol. The second kappa shape index (κ2) is 5.24. The van der Waals surface area contributed by atoms with Crippen molar-refractivity contribution in [3.05, 3.63) is 11.5 Å². The number of hydrogen-bond donors (Lipinski definition) is 0. The maximum absolute atomic E-state index is 8.48. The van der Waals surface area contributed by atoms with Gasteiger partial charge >= 0.3 is 7.12 Å². The third-order valence-corrected chi connectivity index (χ3v) is 3.55. The summed E-state index contributed by atoms with van der Waals surface area (Å²) in [5, 5.41) is 8.48. The van der Waals surface area contributed by atoms with Gasteiger partial charge in [-0.1, -0.05) is 11.5 Å². The Labute approximate surface area is 105 Å². The molecule has 1 aliphatic rings. The van der Waals surface area contributed by atoms with Crippen molar-refractivity contribution in [1.82, 2.24) is 0 Å². The van der Waals surface area contributed by atoms with Gasteiger partial charge < -0.3 is 9.31 Å². The Morgan fingerprint density at radius 2 is 1.76 bits per heavy atom. The summed E-state index contributed by atoms with van der Waals surface area (Å²) in [6, 6.07) is 2.15. The third kappa shape index (κ3) is 3.59. The van der Waals surface area contributed by atoms with Crippen LogP contribution in [0.4, 0.5) is 0 Å². The first-order valence-electron chi connectivity index (χ1n) is 6.18. The lowest BCUT2D eigenvalue weighted by Gasteiger charge is -2.32. The molecule has 0 unspecified atom stereocenters. The van der Waals surface area contributed by atoms with E-state index in [1.807, 2.05) is 33.7 Å². The van der Waals surface area contributed by atoms with E-state index in [0.717, 1.165) is 12.8 Å². The van der Waals surface area contributed by atoms with E-state index < -0.39 is 0 Å². The van der Waals surface area contributed by atoms with Crippen LogP contribution >= 0.6 is 0 Å². The molecule has 17 heavy (non-hydrogen) atoms. The Bertz CT molecular complexity index is 326. The average Bonchev–Trinajstić information content (AvgIpc) is 2.35. The van der Waals surface area contributed by atoms with E-state index in [1.165, 1.54) is 5.57 Å². The molecule has 0 aromatic rings. The van der Waals surface area contributed by atoms with Crippen LogP contribution in [0.1, 0.15) is 53.9 Å². The highest BCUT2D eigenvalue weighted by Gasteiger charge is 2.50. The quantitative estimate of drug-likeness (QED) is 0.554. The Hall–Kier alpha value is -0.785. The fourth-order valence-corrected chi connectivity index (χ4v) is 1.72. The Kier molecular flexibility index (Phi) is 4.40. The van der Waals surface area contributed by atoms with Crippen molar-refractivity contribution in [2.24, 2.45) is 0 Å². The Balaban J connectivity index is 2.55. The van der Waals surface area contributed by atoms with E-state index in [2.05, 4.69) is 13.0 Å². The summed E-state index contributed by atoms with van der Waals surface area (Å²) in [5.74, 6) is 2.02. The molecule has 0 saturated carbocycles. The zero-order chi connectivity index (χ0) is 13.1. The first kappa shape index (κ1) is 14.3. The molecular weight excluding hydrogens is 213 g/mol. The Morgan fingerprint density at radius 1 is 1.24 bits per heavy atom. The topological polar surface area (TPSA) is 42.2 Å². The van der Waals surface area contributed by atoms with Crippen LogP contribution < -0.4 is 0 Å². The number of hydrogen-bond acceptors (Lipinski definition) is 3. The van der Waals surface area contributed by atoms with Crippen LogP contribution in [0.2, 0.25) is 0 Å². The minimum Gasteiger partial charge on any atom is -0.400 e. The van der Waals surface area contributed by atoms with Gasteiger partial charge in [-0.15, -0.1) is 0 Å². The molecule has 3 nitrogen and oxygen atoms in total. The van der Waals surface area contributed by atoms with Crippen molar-refractivity contribution in [2.45, 2.75) is 65.1 Å². The molecule has 0 aromatic carbocycles. The molecule has 0 amide bonds. The summed E-state index contributed by atoms with van der Waals surface area (Å²) in [6.45, 7) is 10.2. The van der Waals surface area contributed by atoms with Crippen LogP contribution in [0.3, 0.4) is 0 Å². The molecule has 0 radical (unpaired) electrons. The molecule has 0 bridgehead atoms. The van der Waals surface area contributed by atoms with Gasteiger partial charge in [0.25, 0.3) is 0 Å².